The highest BCUT2D eigenvalue weighted by Gasteiger charge is 2.23. The lowest BCUT2D eigenvalue weighted by Crippen LogP contribution is -2.23. The first-order valence-electron chi connectivity index (χ1n) is 9.81. The van der Waals surface area contributed by atoms with Crippen molar-refractivity contribution >= 4 is 22.6 Å². The third kappa shape index (κ3) is 3.80. The molecule has 0 aliphatic heterocycles. The zero-order chi connectivity index (χ0) is 20.4. The molecule has 152 valence electrons. The van der Waals surface area contributed by atoms with Crippen LogP contribution in [0, 0.1) is 0 Å². The van der Waals surface area contributed by atoms with Crippen molar-refractivity contribution in [2.75, 3.05) is 26.1 Å². The molecule has 0 unspecified atom stereocenters. The second-order valence-corrected chi connectivity index (χ2v) is 7.31. The topological polar surface area (TPSA) is 87.0 Å². The normalized spacial score (nSPS) is 14.8. The number of rotatable bonds is 6. The Labute approximate surface area is 170 Å². The van der Waals surface area contributed by atoms with Gasteiger partial charge in [-0.05, 0) is 49.5 Å². The van der Waals surface area contributed by atoms with Crippen LogP contribution in [0.5, 0.6) is 5.88 Å². The van der Waals surface area contributed by atoms with Gasteiger partial charge in [-0.3, -0.25) is 0 Å². The first-order chi connectivity index (χ1) is 14.1. The van der Waals surface area contributed by atoms with Crippen LogP contribution < -0.4 is 10.1 Å². The Kier molecular flexibility index (Phi) is 5.44. The Morgan fingerprint density at radius 1 is 1.24 bits per heavy atom. The van der Waals surface area contributed by atoms with Crippen LogP contribution in [0.3, 0.4) is 0 Å². The molecule has 2 heterocycles. The van der Waals surface area contributed by atoms with Crippen LogP contribution in [0.25, 0.3) is 16.6 Å². The van der Waals surface area contributed by atoms with E-state index in [9.17, 15) is 0 Å². The Balaban J connectivity index is 1.80. The van der Waals surface area contributed by atoms with Crippen molar-refractivity contribution in [2.24, 2.45) is 7.05 Å². The van der Waals surface area contributed by atoms with E-state index in [1.807, 2.05) is 20.0 Å². The third-order valence-corrected chi connectivity index (χ3v) is 5.09. The average molecular weight is 394 g/mol. The maximum atomic E-state index is 5.71. The molecule has 1 N–H and O–H groups in total. The number of ether oxygens (including phenoxy) is 2. The largest absolute Gasteiger partial charge is 0.480 e. The van der Waals surface area contributed by atoms with E-state index in [1.165, 1.54) is 0 Å². The summed E-state index contributed by atoms with van der Waals surface area (Å²) in [5.41, 5.74) is 6.00. The van der Waals surface area contributed by atoms with Crippen molar-refractivity contribution in [1.29, 1.82) is 0 Å². The molecule has 2 aromatic heterocycles. The predicted octanol–water partition coefficient (Wildman–Crippen LogP) is 2.98. The van der Waals surface area contributed by atoms with Gasteiger partial charge >= 0.3 is 0 Å². The molecule has 1 atom stereocenters. The second kappa shape index (κ2) is 8.16. The quantitative estimate of drug-likeness (QED) is 0.688. The van der Waals surface area contributed by atoms with E-state index in [0.29, 0.717) is 18.4 Å². The van der Waals surface area contributed by atoms with Crippen LogP contribution in [0.15, 0.2) is 24.3 Å². The zero-order valence-electron chi connectivity index (χ0n) is 17.3. The van der Waals surface area contributed by atoms with Gasteiger partial charge in [0.05, 0.1) is 30.5 Å². The summed E-state index contributed by atoms with van der Waals surface area (Å²) in [6, 6.07) is 6.29. The standard InChI is InChI=1S/C21H26N6O2/c1-13(12-28-3)22-21-23-17-8-6-5-7-15(19(17)20(24-21)29-4)14-9-10-16-18(11-14)27(2)26-25-16/h7,9-11,13H,5-6,8,12H2,1-4H3,(H,22,23,24)/t13-/m1/s1. The summed E-state index contributed by atoms with van der Waals surface area (Å²) in [7, 11) is 5.24. The van der Waals surface area contributed by atoms with Gasteiger partial charge in [-0.15, -0.1) is 5.10 Å². The fraction of sp³-hybridized carbons (Fsp3) is 0.429. The van der Waals surface area contributed by atoms with Gasteiger partial charge in [0.25, 0.3) is 0 Å². The Morgan fingerprint density at radius 3 is 2.90 bits per heavy atom. The van der Waals surface area contributed by atoms with Gasteiger partial charge in [0.1, 0.15) is 5.52 Å². The van der Waals surface area contributed by atoms with Crippen molar-refractivity contribution in [3.8, 4) is 5.88 Å². The van der Waals surface area contributed by atoms with Gasteiger partial charge in [-0.1, -0.05) is 17.4 Å². The van der Waals surface area contributed by atoms with Crippen molar-refractivity contribution < 1.29 is 9.47 Å². The molecule has 0 spiro atoms. The average Bonchev–Trinajstić information content (AvgIpc) is 2.95. The van der Waals surface area contributed by atoms with E-state index in [0.717, 1.165) is 52.7 Å². The number of aryl methyl sites for hydroxylation is 2. The molecule has 3 aromatic rings. The van der Waals surface area contributed by atoms with Gasteiger partial charge < -0.3 is 14.8 Å². The smallest absolute Gasteiger partial charge is 0.226 e. The minimum Gasteiger partial charge on any atom is -0.480 e. The van der Waals surface area contributed by atoms with Gasteiger partial charge in [-0.2, -0.15) is 4.98 Å². The van der Waals surface area contributed by atoms with Crippen LogP contribution >= 0.6 is 0 Å². The van der Waals surface area contributed by atoms with Gasteiger partial charge in [-0.25, -0.2) is 9.67 Å². The number of methoxy groups -OCH3 is 2. The number of hydrogen-bond donors (Lipinski definition) is 1. The summed E-state index contributed by atoms with van der Waals surface area (Å²) in [4.78, 5) is 9.46. The highest BCUT2D eigenvalue weighted by molar-refractivity contribution is 5.88. The number of allylic oxidation sites excluding steroid dienone is 1. The highest BCUT2D eigenvalue weighted by atomic mass is 16.5. The molecule has 0 fully saturated rings. The first kappa shape index (κ1) is 19.3. The molecule has 29 heavy (non-hydrogen) atoms. The van der Waals surface area contributed by atoms with Crippen molar-refractivity contribution in [3.63, 3.8) is 0 Å². The summed E-state index contributed by atoms with van der Waals surface area (Å²) in [5, 5.41) is 11.6. The predicted molar refractivity (Wildman–Crippen MR) is 112 cm³/mol. The van der Waals surface area contributed by atoms with Gasteiger partial charge in [0, 0.05) is 20.2 Å². The van der Waals surface area contributed by atoms with Crippen LogP contribution in [0.1, 0.15) is 36.6 Å². The van der Waals surface area contributed by atoms with E-state index in [2.05, 4.69) is 38.8 Å². The van der Waals surface area contributed by atoms with Gasteiger partial charge in [0.15, 0.2) is 0 Å². The summed E-state index contributed by atoms with van der Waals surface area (Å²) in [6.07, 6.45) is 5.12. The number of fused-ring (bicyclic) bond motifs is 2. The summed E-state index contributed by atoms with van der Waals surface area (Å²) in [6.45, 7) is 2.61. The third-order valence-electron chi connectivity index (χ3n) is 5.09. The Hall–Kier alpha value is -3.00. The minimum absolute atomic E-state index is 0.100. The maximum absolute atomic E-state index is 5.71. The molecule has 8 nitrogen and oxygen atoms in total. The number of hydrogen-bond acceptors (Lipinski definition) is 7. The van der Waals surface area contributed by atoms with E-state index in [4.69, 9.17) is 14.5 Å². The molecular formula is C21H26N6O2. The molecule has 1 aliphatic carbocycles. The van der Waals surface area contributed by atoms with E-state index in [-0.39, 0.29) is 6.04 Å². The molecule has 8 heteroatoms. The van der Waals surface area contributed by atoms with Crippen LogP contribution in [0.4, 0.5) is 5.95 Å². The number of aromatic nitrogens is 5. The Bertz CT molecular complexity index is 1060. The highest BCUT2D eigenvalue weighted by Crippen LogP contribution is 2.37. The fourth-order valence-electron chi connectivity index (χ4n) is 3.74. The Morgan fingerprint density at radius 2 is 2.10 bits per heavy atom. The summed E-state index contributed by atoms with van der Waals surface area (Å²) >= 11 is 0. The number of anilines is 1. The van der Waals surface area contributed by atoms with Crippen molar-refractivity contribution in [1.82, 2.24) is 25.0 Å². The molecule has 4 rings (SSSR count). The van der Waals surface area contributed by atoms with Crippen LogP contribution in [0.2, 0.25) is 0 Å². The molecule has 1 aromatic carbocycles. The van der Waals surface area contributed by atoms with Crippen molar-refractivity contribution in [3.05, 3.63) is 41.1 Å². The SMILES string of the molecule is COC[C@@H](C)Nc1nc2c(c(OC)n1)C(c1ccc3nnn(C)c3c1)=CCCC2. The van der Waals surface area contributed by atoms with Gasteiger partial charge in [0.2, 0.25) is 11.8 Å². The molecule has 0 bridgehead atoms. The lowest BCUT2D eigenvalue weighted by molar-refractivity contribution is 0.190. The minimum atomic E-state index is 0.100. The van der Waals surface area contributed by atoms with Crippen molar-refractivity contribution in [2.45, 2.75) is 32.2 Å². The molecule has 0 amide bonds. The van der Waals surface area contributed by atoms with E-state index < -0.39 is 0 Å². The summed E-state index contributed by atoms with van der Waals surface area (Å²) in [5.74, 6) is 1.15. The molecular weight excluding hydrogens is 368 g/mol. The molecule has 1 aliphatic rings. The first-order valence-corrected chi connectivity index (χ1v) is 9.81. The second-order valence-electron chi connectivity index (χ2n) is 7.31. The number of benzene rings is 1. The number of nitrogens with one attached hydrogen (secondary N) is 1. The molecule has 0 radical (unpaired) electrons. The monoisotopic (exact) mass is 394 g/mol. The fourth-order valence-corrected chi connectivity index (χ4v) is 3.74. The number of nitrogens with zero attached hydrogens (tertiary/aromatic N) is 5. The lowest BCUT2D eigenvalue weighted by Gasteiger charge is -2.18. The van der Waals surface area contributed by atoms with Crippen LogP contribution in [-0.2, 0) is 18.2 Å². The zero-order valence-corrected chi connectivity index (χ0v) is 17.3. The maximum Gasteiger partial charge on any atom is 0.226 e. The molecule has 0 saturated carbocycles. The lowest BCUT2D eigenvalue weighted by atomic mass is 9.96. The van der Waals surface area contributed by atoms with E-state index >= 15 is 0 Å². The van der Waals surface area contributed by atoms with Crippen LogP contribution in [-0.4, -0.2) is 51.8 Å². The molecule has 0 saturated heterocycles. The van der Waals surface area contributed by atoms with E-state index in [1.54, 1.807) is 18.9 Å². The summed E-state index contributed by atoms with van der Waals surface area (Å²) < 4.78 is 12.7.